The number of benzene rings is 1. The van der Waals surface area contributed by atoms with E-state index >= 15 is 0 Å². The minimum atomic E-state index is -0.874. The largest absolute Gasteiger partial charge is 0.505 e. The van der Waals surface area contributed by atoms with E-state index in [2.05, 4.69) is 5.32 Å². The number of carbonyl (C=O) groups is 1. The van der Waals surface area contributed by atoms with E-state index in [0.717, 1.165) is 18.2 Å². The molecule has 0 aliphatic carbocycles. The van der Waals surface area contributed by atoms with Crippen LogP contribution in [0.3, 0.4) is 0 Å². The first-order valence-corrected chi connectivity index (χ1v) is 5.49. The monoisotopic (exact) mass is 279 g/mol. The first-order valence-electron chi connectivity index (χ1n) is 5.49. The average molecular weight is 279 g/mol. The lowest BCUT2D eigenvalue weighted by Gasteiger charge is -2.06. The van der Waals surface area contributed by atoms with E-state index in [1.807, 2.05) is 0 Å². The average Bonchev–Trinajstić information content (AvgIpc) is 2.76. The minimum absolute atomic E-state index is 0.0604. The number of halogens is 1. The van der Waals surface area contributed by atoms with E-state index in [1.54, 1.807) is 0 Å². The van der Waals surface area contributed by atoms with E-state index in [1.165, 1.54) is 23.9 Å². The molecule has 0 aliphatic rings. The number of nitro groups is 1. The Morgan fingerprint density at radius 2 is 2.15 bits per heavy atom. The Morgan fingerprint density at radius 1 is 1.45 bits per heavy atom. The number of hydrogen-bond acceptors (Lipinski definition) is 4. The van der Waals surface area contributed by atoms with Gasteiger partial charge in [0.05, 0.1) is 11.1 Å². The van der Waals surface area contributed by atoms with E-state index in [4.69, 9.17) is 5.11 Å². The topological polar surface area (TPSA) is 97.4 Å². The number of aryl methyl sites for hydroxylation is 1. The molecule has 1 amide bonds. The van der Waals surface area contributed by atoms with Crippen LogP contribution < -0.4 is 5.32 Å². The van der Waals surface area contributed by atoms with Crippen molar-refractivity contribution in [1.29, 1.82) is 0 Å². The van der Waals surface area contributed by atoms with Gasteiger partial charge in [-0.05, 0) is 12.1 Å². The molecular formula is C12H10FN3O4. The zero-order chi connectivity index (χ0) is 14.9. The number of anilines is 1. The van der Waals surface area contributed by atoms with Crippen molar-refractivity contribution in [3.63, 3.8) is 0 Å². The number of aromatic nitrogens is 1. The molecule has 1 heterocycles. The number of nitrogens with zero attached hydrogens (tertiary/aromatic N) is 2. The van der Waals surface area contributed by atoms with E-state index < -0.39 is 22.4 Å². The third-order valence-electron chi connectivity index (χ3n) is 2.64. The molecule has 0 radical (unpaired) electrons. The molecule has 2 aromatic rings. The molecule has 0 spiro atoms. The number of rotatable bonds is 3. The lowest BCUT2D eigenvalue weighted by Crippen LogP contribution is -2.15. The zero-order valence-corrected chi connectivity index (χ0v) is 10.3. The first kappa shape index (κ1) is 13.5. The van der Waals surface area contributed by atoms with Gasteiger partial charge in [-0.2, -0.15) is 0 Å². The molecule has 0 unspecified atom stereocenters. The summed E-state index contributed by atoms with van der Waals surface area (Å²) in [5, 5.41) is 22.0. The van der Waals surface area contributed by atoms with Gasteiger partial charge in [0, 0.05) is 24.9 Å². The molecule has 0 atom stereocenters. The van der Waals surface area contributed by atoms with E-state index in [0.29, 0.717) is 0 Å². The van der Waals surface area contributed by atoms with Gasteiger partial charge in [-0.15, -0.1) is 0 Å². The number of nitrogens with one attached hydrogen (secondary N) is 1. The first-order chi connectivity index (χ1) is 9.38. The molecule has 0 fully saturated rings. The number of phenolic OH excluding ortho intramolecular Hbond substituents is 1. The fraction of sp³-hybridized carbons (Fsp3) is 0.0833. The van der Waals surface area contributed by atoms with Gasteiger partial charge in [0.25, 0.3) is 11.6 Å². The SMILES string of the molecule is Cn1cc([N+](=O)[O-])cc1C(=O)Nc1ccc(O)c(F)c1. The third kappa shape index (κ3) is 2.58. The van der Waals surface area contributed by atoms with Crippen molar-refractivity contribution in [3.8, 4) is 5.75 Å². The van der Waals surface area contributed by atoms with Gasteiger partial charge in [0.15, 0.2) is 11.6 Å². The van der Waals surface area contributed by atoms with Gasteiger partial charge in [-0.1, -0.05) is 0 Å². The molecule has 7 nitrogen and oxygen atoms in total. The summed E-state index contributed by atoms with van der Waals surface area (Å²) in [6.07, 6.45) is 1.20. The molecule has 2 N–H and O–H groups in total. The molecule has 2 rings (SSSR count). The third-order valence-corrected chi connectivity index (χ3v) is 2.64. The second kappa shape index (κ2) is 5.00. The molecule has 104 valence electrons. The highest BCUT2D eigenvalue weighted by Gasteiger charge is 2.17. The van der Waals surface area contributed by atoms with Gasteiger partial charge < -0.3 is 15.0 Å². The van der Waals surface area contributed by atoms with Crippen LogP contribution in [0, 0.1) is 15.9 Å². The molecule has 1 aromatic heterocycles. The predicted octanol–water partition coefficient (Wildman–Crippen LogP) is 2.03. The molecule has 8 heteroatoms. The highest BCUT2D eigenvalue weighted by atomic mass is 19.1. The Bertz CT molecular complexity index is 696. The van der Waals surface area contributed by atoms with Crippen LogP contribution >= 0.6 is 0 Å². The number of phenols is 1. The standard InChI is InChI=1S/C12H10FN3O4/c1-15-6-8(16(19)20)5-10(15)12(18)14-7-2-3-11(17)9(13)4-7/h2-6,17H,1H3,(H,14,18). The normalized spacial score (nSPS) is 10.3. The smallest absolute Gasteiger partial charge is 0.287 e. The van der Waals surface area contributed by atoms with Gasteiger partial charge in [-0.3, -0.25) is 14.9 Å². The predicted molar refractivity (Wildman–Crippen MR) is 68.1 cm³/mol. The van der Waals surface area contributed by atoms with Crippen molar-refractivity contribution in [2.24, 2.45) is 7.05 Å². The summed E-state index contributed by atoms with van der Waals surface area (Å²) in [6.45, 7) is 0. The fourth-order valence-corrected chi connectivity index (χ4v) is 1.65. The second-order valence-electron chi connectivity index (χ2n) is 4.07. The van der Waals surface area contributed by atoms with Crippen molar-refractivity contribution >= 4 is 17.3 Å². The molecular weight excluding hydrogens is 269 g/mol. The molecule has 1 aromatic carbocycles. The van der Waals surface area contributed by atoms with Crippen LogP contribution in [0.25, 0.3) is 0 Å². The summed E-state index contributed by atoms with van der Waals surface area (Å²) in [6, 6.07) is 4.47. The Labute approximate surface area is 112 Å². The fourth-order valence-electron chi connectivity index (χ4n) is 1.65. The van der Waals surface area contributed by atoms with E-state index in [-0.39, 0.29) is 17.1 Å². The Hall–Kier alpha value is -2.90. The minimum Gasteiger partial charge on any atom is -0.505 e. The van der Waals surface area contributed by atoms with Crippen molar-refractivity contribution in [2.45, 2.75) is 0 Å². The van der Waals surface area contributed by atoms with Crippen molar-refractivity contribution in [3.05, 3.63) is 52.1 Å². The second-order valence-corrected chi connectivity index (χ2v) is 4.07. The Morgan fingerprint density at radius 3 is 2.70 bits per heavy atom. The lowest BCUT2D eigenvalue weighted by atomic mass is 10.2. The van der Waals surface area contributed by atoms with Gasteiger partial charge in [0.2, 0.25) is 0 Å². The van der Waals surface area contributed by atoms with Crippen molar-refractivity contribution in [2.75, 3.05) is 5.32 Å². The highest BCUT2D eigenvalue weighted by Crippen LogP contribution is 2.21. The van der Waals surface area contributed by atoms with Crippen molar-refractivity contribution < 1.29 is 19.2 Å². The maximum absolute atomic E-state index is 13.1. The summed E-state index contributed by atoms with van der Waals surface area (Å²) in [5.74, 6) is -2.02. The Kier molecular flexibility index (Phi) is 3.38. The maximum atomic E-state index is 13.1. The maximum Gasteiger partial charge on any atom is 0.287 e. The van der Waals surface area contributed by atoms with Gasteiger partial charge >= 0.3 is 0 Å². The Balaban J connectivity index is 2.23. The molecule has 20 heavy (non-hydrogen) atoms. The van der Waals surface area contributed by atoms with Crippen LogP contribution in [-0.4, -0.2) is 20.5 Å². The number of aromatic hydroxyl groups is 1. The number of amides is 1. The van der Waals surface area contributed by atoms with Crippen molar-refractivity contribution in [1.82, 2.24) is 4.57 Å². The van der Waals surface area contributed by atoms with Gasteiger partial charge in [-0.25, -0.2) is 4.39 Å². The van der Waals surface area contributed by atoms with Crippen LogP contribution in [0.2, 0.25) is 0 Å². The summed E-state index contributed by atoms with van der Waals surface area (Å²) in [4.78, 5) is 21.9. The van der Waals surface area contributed by atoms with E-state index in [9.17, 15) is 19.3 Å². The van der Waals surface area contributed by atoms with Crippen LogP contribution in [0.4, 0.5) is 15.8 Å². The number of carbonyl (C=O) groups excluding carboxylic acids is 1. The zero-order valence-electron chi connectivity index (χ0n) is 10.3. The summed E-state index contributed by atoms with van der Waals surface area (Å²) < 4.78 is 14.4. The quantitative estimate of drug-likeness (QED) is 0.510. The van der Waals surface area contributed by atoms with Gasteiger partial charge in [0.1, 0.15) is 5.69 Å². The molecule has 0 aliphatic heterocycles. The van der Waals surface area contributed by atoms with Crippen LogP contribution in [0.15, 0.2) is 30.5 Å². The molecule has 0 bridgehead atoms. The summed E-state index contributed by atoms with van der Waals surface area (Å²) in [7, 11) is 1.49. The molecule has 0 saturated heterocycles. The number of hydrogen-bond donors (Lipinski definition) is 2. The lowest BCUT2D eigenvalue weighted by molar-refractivity contribution is -0.384. The molecule has 0 saturated carbocycles. The van der Waals surface area contributed by atoms with Crippen LogP contribution in [-0.2, 0) is 7.05 Å². The van der Waals surface area contributed by atoms with Crippen LogP contribution in [0.5, 0.6) is 5.75 Å². The summed E-state index contributed by atoms with van der Waals surface area (Å²) in [5.41, 5.74) is -0.0196. The summed E-state index contributed by atoms with van der Waals surface area (Å²) >= 11 is 0. The highest BCUT2D eigenvalue weighted by molar-refractivity contribution is 6.03. The van der Waals surface area contributed by atoms with Crippen LogP contribution in [0.1, 0.15) is 10.5 Å².